The van der Waals surface area contributed by atoms with E-state index in [-0.39, 0.29) is 12.0 Å². The Hall–Kier alpha value is -3.07. The lowest BCUT2D eigenvalue weighted by molar-refractivity contribution is -0.127. The minimum Gasteiger partial charge on any atom is -0.394 e. The van der Waals surface area contributed by atoms with E-state index in [2.05, 4.69) is 0 Å². The molecule has 2 heterocycles. The number of halogens is 3. The molecule has 0 aliphatic carbocycles. The lowest BCUT2D eigenvalue weighted by Crippen LogP contribution is -2.44. The van der Waals surface area contributed by atoms with Gasteiger partial charge in [0.15, 0.2) is 0 Å². The minimum absolute atomic E-state index is 0.0144. The number of alkyl halides is 3. The summed E-state index contributed by atoms with van der Waals surface area (Å²) in [5.74, 6) is -0.903. The number of hydrogen-bond donors (Lipinski definition) is 1. The Balaban J connectivity index is 1.77. The van der Waals surface area contributed by atoms with Crippen LogP contribution >= 0.6 is 0 Å². The summed E-state index contributed by atoms with van der Waals surface area (Å²) in [5, 5.41) is 0. The van der Waals surface area contributed by atoms with E-state index < -0.39 is 29.4 Å². The molecule has 172 valence electrons. The Labute approximate surface area is 184 Å². The van der Waals surface area contributed by atoms with Crippen molar-refractivity contribution >= 4 is 17.4 Å². The Morgan fingerprint density at radius 1 is 1.16 bits per heavy atom. The standard InChI is InChI=1S/C23H26F3N3O3/c1-14-13-28(11-12-32-14)22(31)18-8-6-17(7-9-18)19-5-4-10-29(16(19)3)21(30)15(2)20(27)23(24,25)26/h4-10,14,16H,11-13,27H2,1-3H3/b20-15-/t14-,16?/m0/s1. The number of carbonyl (C=O) groups is 2. The molecule has 0 bridgehead atoms. The molecule has 1 unspecified atom stereocenters. The van der Waals surface area contributed by atoms with Crippen LogP contribution in [0.25, 0.3) is 5.57 Å². The van der Waals surface area contributed by atoms with Crippen LogP contribution in [-0.2, 0) is 9.53 Å². The Kier molecular flexibility index (Phi) is 6.78. The molecule has 9 heteroatoms. The zero-order valence-corrected chi connectivity index (χ0v) is 18.1. The highest BCUT2D eigenvalue weighted by molar-refractivity contribution is 5.97. The summed E-state index contributed by atoms with van der Waals surface area (Å²) >= 11 is 0. The molecule has 2 aliphatic rings. The molecule has 1 saturated heterocycles. The molecule has 2 N–H and O–H groups in total. The van der Waals surface area contributed by atoms with Gasteiger partial charge >= 0.3 is 6.18 Å². The molecule has 2 atom stereocenters. The van der Waals surface area contributed by atoms with Crippen LogP contribution in [0, 0.1) is 0 Å². The summed E-state index contributed by atoms with van der Waals surface area (Å²) in [6, 6.07) is 6.44. The van der Waals surface area contributed by atoms with Crippen molar-refractivity contribution in [3.05, 3.63) is 65.0 Å². The topological polar surface area (TPSA) is 75.9 Å². The van der Waals surface area contributed by atoms with Gasteiger partial charge in [0.25, 0.3) is 11.8 Å². The third-order valence-electron chi connectivity index (χ3n) is 5.65. The zero-order valence-electron chi connectivity index (χ0n) is 18.1. The first-order valence-corrected chi connectivity index (χ1v) is 10.3. The van der Waals surface area contributed by atoms with Gasteiger partial charge < -0.3 is 20.3 Å². The van der Waals surface area contributed by atoms with E-state index >= 15 is 0 Å². The lowest BCUT2D eigenvalue weighted by atomic mass is 9.94. The highest BCUT2D eigenvalue weighted by Gasteiger charge is 2.36. The van der Waals surface area contributed by atoms with Crippen LogP contribution in [-0.4, -0.2) is 59.6 Å². The van der Waals surface area contributed by atoms with Gasteiger partial charge in [-0.15, -0.1) is 0 Å². The second-order valence-corrected chi connectivity index (χ2v) is 7.90. The van der Waals surface area contributed by atoms with Crippen molar-refractivity contribution in [1.82, 2.24) is 9.80 Å². The third kappa shape index (κ3) is 4.88. The minimum atomic E-state index is -4.78. The summed E-state index contributed by atoms with van der Waals surface area (Å²) in [7, 11) is 0. The average Bonchev–Trinajstić information content (AvgIpc) is 2.77. The second-order valence-electron chi connectivity index (χ2n) is 7.90. The molecular weight excluding hydrogens is 423 g/mol. The largest absolute Gasteiger partial charge is 0.431 e. The highest BCUT2D eigenvalue weighted by Crippen LogP contribution is 2.30. The first-order chi connectivity index (χ1) is 15.0. The van der Waals surface area contributed by atoms with Crippen LogP contribution in [0.15, 0.2) is 53.9 Å². The summed E-state index contributed by atoms with van der Waals surface area (Å²) in [6.45, 7) is 6.26. The number of benzene rings is 1. The van der Waals surface area contributed by atoms with Crippen molar-refractivity contribution in [2.45, 2.75) is 39.1 Å². The normalized spacial score (nSPS) is 22.4. The van der Waals surface area contributed by atoms with Crippen molar-refractivity contribution < 1.29 is 27.5 Å². The van der Waals surface area contributed by atoms with Crippen molar-refractivity contribution in [3.8, 4) is 0 Å². The molecule has 0 aromatic heterocycles. The van der Waals surface area contributed by atoms with Gasteiger partial charge in [0.2, 0.25) is 0 Å². The van der Waals surface area contributed by atoms with E-state index in [1.807, 2.05) is 6.92 Å². The smallest absolute Gasteiger partial charge is 0.394 e. The maximum Gasteiger partial charge on any atom is 0.431 e. The van der Waals surface area contributed by atoms with E-state index in [9.17, 15) is 22.8 Å². The molecule has 3 rings (SSSR count). The molecule has 32 heavy (non-hydrogen) atoms. The lowest BCUT2D eigenvalue weighted by Gasteiger charge is -2.32. The summed E-state index contributed by atoms with van der Waals surface area (Å²) in [5.41, 5.74) is 5.20. The van der Waals surface area contributed by atoms with Crippen LogP contribution in [0.1, 0.15) is 36.7 Å². The van der Waals surface area contributed by atoms with Gasteiger partial charge in [0.05, 0.1) is 18.8 Å². The molecule has 0 spiro atoms. The molecule has 6 nitrogen and oxygen atoms in total. The number of ether oxygens (including phenoxy) is 1. The van der Waals surface area contributed by atoms with E-state index in [1.165, 1.54) is 11.1 Å². The summed E-state index contributed by atoms with van der Waals surface area (Å²) < 4.78 is 44.2. The van der Waals surface area contributed by atoms with Gasteiger partial charge in [-0.3, -0.25) is 9.59 Å². The van der Waals surface area contributed by atoms with Gasteiger partial charge in [0.1, 0.15) is 5.70 Å². The number of carbonyl (C=O) groups excluding carboxylic acids is 2. The van der Waals surface area contributed by atoms with Crippen LogP contribution in [0.3, 0.4) is 0 Å². The van der Waals surface area contributed by atoms with Gasteiger partial charge in [-0.25, -0.2) is 0 Å². The quantitative estimate of drug-likeness (QED) is 0.717. The van der Waals surface area contributed by atoms with Crippen LogP contribution < -0.4 is 5.73 Å². The number of hydrogen-bond acceptors (Lipinski definition) is 4. The van der Waals surface area contributed by atoms with Gasteiger partial charge in [0, 0.05) is 30.4 Å². The molecular formula is C23H26F3N3O3. The number of allylic oxidation sites excluding steroid dienone is 3. The van der Waals surface area contributed by atoms with Crippen LogP contribution in [0.2, 0.25) is 0 Å². The number of nitrogens with two attached hydrogens (primary N) is 1. The Bertz CT molecular complexity index is 980. The van der Waals surface area contributed by atoms with Gasteiger partial charge in [-0.1, -0.05) is 18.2 Å². The molecule has 1 aromatic carbocycles. The Morgan fingerprint density at radius 2 is 1.81 bits per heavy atom. The molecule has 1 aromatic rings. The van der Waals surface area contributed by atoms with E-state index in [4.69, 9.17) is 10.5 Å². The van der Waals surface area contributed by atoms with Crippen molar-refractivity contribution in [2.75, 3.05) is 19.7 Å². The molecule has 0 saturated carbocycles. The van der Waals surface area contributed by atoms with Crippen molar-refractivity contribution in [1.29, 1.82) is 0 Å². The predicted molar refractivity (Wildman–Crippen MR) is 114 cm³/mol. The fourth-order valence-electron chi connectivity index (χ4n) is 3.75. The maximum absolute atomic E-state index is 12.9. The number of amides is 2. The number of rotatable bonds is 3. The van der Waals surface area contributed by atoms with Crippen LogP contribution in [0.4, 0.5) is 13.2 Å². The maximum atomic E-state index is 12.9. The third-order valence-corrected chi connectivity index (χ3v) is 5.65. The highest BCUT2D eigenvalue weighted by atomic mass is 19.4. The number of morpholine rings is 1. The molecule has 2 aliphatic heterocycles. The van der Waals surface area contributed by atoms with E-state index in [0.29, 0.717) is 25.3 Å². The monoisotopic (exact) mass is 449 g/mol. The predicted octanol–water partition coefficient (Wildman–Crippen LogP) is 3.47. The average molecular weight is 449 g/mol. The molecule has 1 fully saturated rings. The van der Waals surface area contributed by atoms with Crippen LogP contribution in [0.5, 0.6) is 0 Å². The summed E-state index contributed by atoms with van der Waals surface area (Å²) in [4.78, 5) is 28.4. The van der Waals surface area contributed by atoms with E-state index in [0.717, 1.165) is 18.1 Å². The number of nitrogens with zero attached hydrogens (tertiary/aromatic N) is 2. The SMILES string of the molecule is C/C(C(=O)N1C=CC=C(c2ccc(C(=O)N3CCO[C@@H](C)C3)cc2)C1C)=C(/N)C(F)(F)F. The fraction of sp³-hybridized carbons (Fsp3) is 0.391. The second kappa shape index (κ2) is 9.20. The first-order valence-electron chi connectivity index (χ1n) is 10.3. The zero-order chi connectivity index (χ0) is 23.6. The summed E-state index contributed by atoms with van der Waals surface area (Å²) in [6.07, 6.45) is 0.0297. The fourth-order valence-corrected chi connectivity index (χ4v) is 3.75. The molecule has 2 amide bonds. The van der Waals surface area contributed by atoms with Gasteiger partial charge in [-0.2, -0.15) is 13.2 Å². The van der Waals surface area contributed by atoms with E-state index in [1.54, 1.807) is 48.2 Å². The van der Waals surface area contributed by atoms with Crippen molar-refractivity contribution in [2.24, 2.45) is 5.73 Å². The Morgan fingerprint density at radius 3 is 2.41 bits per heavy atom. The van der Waals surface area contributed by atoms with Gasteiger partial charge in [-0.05, 0) is 50.1 Å². The van der Waals surface area contributed by atoms with Crippen molar-refractivity contribution in [3.63, 3.8) is 0 Å². The first kappa shape index (κ1) is 23.6. The molecule has 0 radical (unpaired) electrons.